The number of carbonyl (C=O) groups excluding carboxylic acids is 1. The molecule has 1 amide bonds. The summed E-state index contributed by atoms with van der Waals surface area (Å²) in [6.45, 7) is 1.27. The Balaban J connectivity index is 1.24. The van der Waals surface area contributed by atoms with Gasteiger partial charge in [-0.3, -0.25) is 4.79 Å². The van der Waals surface area contributed by atoms with Crippen molar-refractivity contribution in [2.75, 3.05) is 20.2 Å². The summed E-state index contributed by atoms with van der Waals surface area (Å²) in [6, 6.07) is 12.9. The molecule has 0 spiro atoms. The van der Waals surface area contributed by atoms with Crippen molar-refractivity contribution in [2.45, 2.75) is 18.8 Å². The van der Waals surface area contributed by atoms with Gasteiger partial charge in [0.05, 0.1) is 18.9 Å². The Hall–Kier alpha value is -3.46. The van der Waals surface area contributed by atoms with Crippen LogP contribution in [0.1, 0.15) is 34.3 Å². The van der Waals surface area contributed by atoms with Crippen molar-refractivity contribution in [2.24, 2.45) is 0 Å². The number of aromatic nitrogens is 3. The molecule has 0 atom stereocenters. The van der Waals surface area contributed by atoms with Crippen LogP contribution < -0.4 is 4.74 Å². The highest BCUT2D eigenvalue weighted by Crippen LogP contribution is 2.36. The molecule has 4 aromatic rings. The number of para-hydroxylation sites is 1. The first-order valence-corrected chi connectivity index (χ1v) is 10.8. The molecule has 1 saturated heterocycles. The Morgan fingerprint density at radius 2 is 1.97 bits per heavy atom. The van der Waals surface area contributed by atoms with Crippen molar-refractivity contribution in [3.63, 3.8) is 0 Å². The second-order valence-corrected chi connectivity index (χ2v) is 8.28. The van der Waals surface area contributed by atoms with E-state index >= 15 is 0 Å². The summed E-state index contributed by atoms with van der Waals surface area (Å²) in [6.07, 6.45) is 3.21. The van der Waals surface area contributed by atoms with Gasteiger partial charge in [0.1, 0.15) is 10.8 Å². The minimum absolute atomic E-state index is 0.132. The number of hydrogen-bond donors (Lipinski definition) is 0. The number of benzene rings is 1. The summed E-state index contributed by atoms with van der Waals surface area (Å²) >= 11 is 1.59. The fourth-order valence-corrected chi connectivity index (χ4v) is 4.77. The highest BCUT2D eigenvalue weighted by atomic mass is 32.1. The second kappa shape index (κ2) is 8.35. The van der Waals surface area contributed by atoms with Crippen molar-refractivity contribution < 1.29 is 18.5 Å². The quantitative estimate of drug-likeness (QED) is 0.455. The van der Waals surface area contributed by atoms with Crippen LogP contribution in [0.2, 0.25) is 0 Å². The molecule has 5 rings (SSSR count). The van der Waals surface area contributed by atoms with E-state index in [0.29, 0.717) is 30.3 Å². The molecule has 9 heteroatoms. The minimum Gasteiger partial charge on any atom is -0.496 e. The first kappa shape index (κ1) is 19.5. The van der Waals surface area contributed by atoms with Gasteiger partial charge in [0.2, 0.25) is 5.76 Å². The van der Waals surface area contributed by atoms with E-state index in [1.807, 2.05) is 29.2 Å². The number of rotatable bonds is 5. The summed E-state index contributed by atoms with van der Waals surface area (Å²) in [5.41, 5.74) is 1.24. The molecule has 0 N–H and O–H groups in total. The van der Waals surface area contributed by atoms with Gasteiger partial charge in [-0.05, 0) is 37.1 Å². The Morgan fingerprint density at radius 1 is 1.13 bits per heavy atom. The van der Waals surface area contributed by atoms with Crippen molar-refractivity contribution in [3.05, 3.63) is 59.4 Å². The van der Waals surface area contributed by atoms with E-state index in [1.54, 1.807) is 42.9 Å². The lowest BCUT2D eigenvalue weighted by atomic mass is 9.97. The third-order valence-corrected chi connectivity index (χ3v) is 6.52. The van der Waals surface area contributed by atoms with Crippen LogP contribution >= 0.6 is 11.3 Å². The largest absolute Gasteiger partial charge is 0.496 e. The summed E-state index contributed by atoms with van der Waals surface area (Å²) < 4.78 is 16.0. The third-order valence-electron chi connectivity index (χ3n) is 5.40. The van der Waals surface area contributed by atoms with E-state index in [9.17, 15) is 4.79 Å². The van der Waals surface area contributed by atoms with Gasteiger partial charge in [-0.1, -0.05) is 28.6 Å². The van der Waals surface area contributed by atoms with E-state index in [0.717, 1.165) is 34.2 Å². The third kappa shape index (κ3) is 3.84. The molecule has 1 aromatic carbocycles. The number of hydrogen-bond acceptors (Lipinski definition) is 8. The highest BCUT2D eigenvalue weighted by Gasteiger charge is 2.29. The van der Waals surface area contributed by atoms with E-state index in [1.165, 1.54) is 0 Å². The summed E-state index contributed by atoms with van der Waals surface area (Å²) in [5.74, 6) is 1.92. The lowest BCUT2D eigenvalue weighted by molar-refractivity contribution is 0.0702. The van der Waals surface area contributed by atoms with Gasteiger partial charge in [-0.15, -0.1) is 10.2 Å². The Bertz CT molecular complexity index is 1180. The first-order chi connectivity index (χ1) is 15.2. The lowest BCUT2D eigenvalue weighted by Gasteiger charge is -2.30. The fraction of sp³-hybridized carbons (Fsp3) is 0.273. The first-order valence-electron chi connectivity index (χ1n) is 9.99. The van der Waals surface area contributed by atoms with E-state index in [-0.39, 0.29) is 11.8 Å². The summed E-state index contributed by atoms with van der Waals surface area (Å²) in [7, 11) is 1.65. The monoisotopic (exact) mass is 436 g/mol. The van der Waals surface area contributed by atoms with Crippen molar-refractivity contribution >= 4 is 17.2 Å². The molecule has 1 fully saturated rings. The molecule has 8 nitrogen and oxygen atoms in total. The average molecular weight is 436 g/mol. The number of likely N-dealkylation sites (tertiary alicyclic amines) is 1. The maximum atomic E-state index is 12.8. The normalized spacial score (nSPS) is 14.7. The van der Waals surface area contributed by atoms with Gasteiger partial charge in [-0.2, -0.15) is 0 Å². The number of furan rings is 1. The smallest absolute Gasteiger partial charge is 0.276 e. The van der Waals surface area contributed by atoms with Gasteiger partial charge in [0, 0.05) is 25.1 Å². The molecule has 31 heavy (non-hydrogen) atoms. The summed E-state index contributed by atoms with van der Waals surface area (Å²) in [5, 5.41) is 14.6. The number of piperidine rings is 1. The predicted molar refractivity (Wildman–Crippen MR) is 114 cm³/mol. The SMILES string of the molecule is COc1ccccc1-c1nnc(C2CCN(C(=O)c3cc(-c4ccco4)on3)CC2)s1. The van der Waals surface area contributed by atoms with Crippen LogP contribution in [-0.2, 0) is 0 Å². The number of methoxy groups -OCH3 is 1. The Kier molecular flexibility index (Phi) is 5.25. The van der Waals surface area contributed by atoms with Gasteiger partial charge in [-0.25, -0.2) is 0 Å². The molecule has 4 heterocycles. The molecule has 0 bridgehead atoms. The highest BCUT2D eigenvalue weighted by molar-refractivity contribution is 7.14. The van der Waals surface area contributed by atoms with Gasteiger partial charge >= 0.3 is 0 Å². The number of ether oxygens (including phenoxy) is 1. The van der Waals surface area contributed by atoms with Crippen LogP contribution in [0.15, 0.2) is 57.7 Å². The number of amides is 1. The molecule has 158 valence electrons. The Morgan fingerprint density at radius 3 is 2.74 bits per heavy atom. The Labute approximate surface area is 182 Å². The zero-order valence-electron chi connectivity index (χ0n) is 16.9. The molecule has 0 aliphatic carbocycles. The lowest BCUT2D eigenvalue weighted by Crippen LogP contribution is -2.38. The molecular formula is C22H20N4O4S. The van der Waals surface area contributed by atoms with Crippen LogP contribution in [0.5, 0.6) is 5.75 Å². The standard InChI is InChI=1S/C22H20N4O4S/c1-28-17-6-3-2-5-15(17)21-24-23-20(31-21)14-8-10-26(11-9-14)22(27)16-13-19(30-25-16)18-7-4-12-29-18/h2-7,12-14H,8-11H2,1H3. The van der Waals surface area contributed by atoms with Crippen LogP contribution in [0.25, 0.3) is 22.1 Å². The van der Waals surface area contributed by atoms with Crippen molar-refractivity contribution in [3.8, 4) is 27.8 Å². The van der Waals surface area contributed by atoms with Crippen LogP contribution in [0.3, 0.4) is 0 Å². The second-order valence-electron chi connectivity index (χ2n) is 7.27. The maximum absolute atomic E-state index is 12.8. The van der Waals surface area contributed by atoms with Crippen LogP contribution in [-0.4, -0.2) is 46.4 Å². The van der Waals surface area contributed by atoms with Gasteiger partial charge in [0.15, 0.2) is 16.5 Å². The molecule has 1 aliphatic heterocycles. The molecule has 0 radical (unpaired) electrons. The predicted octanol–water partition coefficient (Wildman–Crippen LogP) is 4.48. The maximum Gasteiger partial charge on any atom is 0.276 e. The molecule has 1 aliphatic rings. The zero-order valence-corrected chi connectivity index (χ0v) is 17.7. The minimum atomic E-state index is -0.132. The zero-order chi connectivity index (χ0) is 21.2. The fourth-order valence-electron chi connectivity index (χ4n) is 3.73. The average Bonchev–Trinajstić information content (AvgIpc) is 3.60. The number of carbonyl (C=O) groups is 1. The topological polar surface area (TPSA) is 94.5 Å². The van der Waals surface area contributed by atoms with Crippen LogP contribution in [0.4, 0.5) is 0 Å². The molecular weight excluding hydrogens is 416 g/mol. The molecule has 0 unspecified atom stereocenters. The molecule has 0 saturated carbocycles. The van der Waals surface area contributed by atoms with Gasteiger partial charge < -0.3 is 18.6 Å². The van der Waals surface area contributed by atoms with E-state index in [4.69, 9.17) is 13.7 Å². The van der Waals surface area contributed by atoms with Crippen molar-refractivity contribution in [1.29, 1.82) is 0 Å². The van der Waals surface area contributed by atoms with Crippen LogP contribution in [0, 0.1) is 0 Å². The van der Waals surface area contributed by atoms with E-state index < -0.39 is 0 Å². The van der Waals surface area contributed by atoms with Gasteiger partial charge in [0.25, 0.3) is 5.91 Å². The molecule has 3 aromatic heterocycles. The van der Waals surface area contributed by atoms with Crippen molar-refractivity contribution in [1.82, 2.24) is 20.3 Å². The van der Waals surface area contributed by atoms with E-state index in [2.05, 4.69) is 15.4 Å². The summed E-state index contributed by atoms with van der Waals surface area (Å²) in [4.78, 5) is 14.6. The number of nitrogens with zero attached hydrogens (tertiary/aromatic N) is 4.